The Hall–Kier alpha value is -3.82. The molecule has 9 heteroatoms. The number of carbonyl (C=O) groups excluding carboxylic acids is 1. The molecule has 0 aliphatic carbocycles. The van der Waals surface area contributed by atoms with Crippen molar-refractivity contribution in [2.24, 2.45) is 0 Å². The predicted molar refractivity (Wildman–Crippen MR) is 135 cm³/mol. The second kappa shape index (κ2) is 9.00. The predicted octanol–water partition coefficient (Wildman–Crippen LogP) is 4.04. The number of halogens is 1. The highest BCUT2D eigenvalue weighted by Gasteiger charge is 2.27. The summed E-state index contributed by atoms with van der Waals surface area (Å²) in [5, 5.41) is 16.0. The van der Waals surface area contributed by atoms with Crippen LogP contribution in [0, 0.1) is 5.82 Å². The second-order valence-corrected chi connectivity index (χ2v) is 9.46. The molecule has 1 aromatic carbocycles. The average molecular weight is 487 g/mol. The monoisotopic (exact) mass is 486 g/mol. The zero-order valence-electron chi connectivity index (χ0n) is 19.9. The SMILES string of the molecule is CC(c1ccc(Nc2ccc(-c3cnc4cc(F)ccn34)c3c2C(=O)NC3)nc1)N1CCC(O)CC1. The van der Waals surface area contributed by atoms with E-state index in [9.17, 15) is 14.3 Å². The molecule has 8 nitrogen and oxygen atoms in total. The molecule has 0 spiro atoms. The van der Waals surface area contributed by atoms with Crippen molar-refractivity contribution in [2.75, 3.05) is 18.4 Å². The maximum atomic E-state index is 13.6. The molecule has 0 radical (unpaired) electrons. The number of anilines is 2. The Morgan fingerprint density at radius 3 is 2.75 bits per heavy atom. The fourth-order valence-corrected chi connectivity index (χ4v) is 5.20. The summed E-state index contributed by atoms with van der Waals surface area (Å²) in [6.45, 7) is 4.31. The molecule has 4 aromatic rings. The van der Waals surface area contributed by atoms with E-state index in [4.69, 9.17) is 0 Å². The van der Waals surface area contributed by atoms with E-state index >= 15 is 0 Å². The largest absolute Gasteiger partial charge is 0.393 e. The number of pyridine rings is 2. The number of amides is 1. The smallest absolute Gasteiger partial charge is 0.254 e. The topological polar surface area (TPSA) is 94.8 Å². The first kappa shape index (κ1) is 22.6. The van der Waals surface area contributed by atoms with E-state index in [2.05, 4.69) is 38.5 Å². The highest BCUT2D eigenvalue weighted by atomic mass is 19.1. The summed E-state index contributed by atoms with van der Waals surface area (Å²) < 4.78 is 15.4. The number of aromatic nitrogens is 3. The molecule has 1 unspecified atom stereocenters. The Labute approximate surface area is 207 Å². The number of likely N-dealkylation sites (tertiary alicyclic amines) is 1. The van der Waals surface area contributed by atoms with Gasteiger partial charge < -0.3 is 15.7 Å². The van der Waals surface area contributed by atoms with E-state index in [-0.39, 0.29) is 23.9 Å². The van der Waals surface area contributed by atoms with Crippen LogP contribution in [0.5, 0.6) is 0 Å². The number of rotatable bonds is 5. The molecule has 1 fully saturated rings. The molecular weight excluding hydrogens is 459 g/mol. The molecule has 3 aromatic heterocycles. The molecule has 184 valence electrons. The minimum Gasteiger partial charge on any atom is -0.393 e. The number of piperidine rings is 1. The Bertz CT molecular complexity index is 1440. The number of fused-ring (bicyclic) bond motifs is 2. The van der Waals surface area contributed by atoms with Gasteiger partial charge in [0.2, 0.25) is 0 Å². The van der Waals surface area contributed by atoms with Crippen molar-refractivity contribution in [3.8, 4) is 11.3 Å². The summed E-state index contributed by atoms with van der Waals surface area (Å²) in [6, 6.07) is 10.8. The number of hydrogen-bond donors (Lipinski definition) is 3. The lowest BCUT2D eigenvalue weighted by atomic mass is 9.99. The minimum absolute atomic E-state index is 0.147. The number of carbonyl (C=O) groups is 1. The zero-order chi connectivity index (χ0) is 24.8. The average Bonchev–Trinajstić information content (AvgIpc) is 3.48. The van der Waals surface area contributed by atoms with Gasteiger partial charge in [0.1, 0.15) is 17.3 Å². The molecule has 1 atom stereocenters. The fraction of sp³-hybridized carbons (Fsp3) is 0.296. The van der Waals surface area contributed by atoms with E-state index in [0.717, 1.165) is 48.3 Å². The van der Waals surface area contributed by atoms with Crippen LogP contribution in [0.4, 0.5) is 15.9 Å². The summed E-state index contributed by atoms with van der Waals surface area (Å²) in [7, 11) is 0. The van der Waals surface area contributed by atoms with Crippen molar-refractivity contribution in [3.63, 3.8) is 0 Å². The van der Waals surface area contributed by atoms with Crippen LogP contribution in [0.3, 0.4) is 0 Å². The van der Waals surface area contributed by atoms with Crippen molar-refractivity contribution >= 4 is 23.1 Å². The van der Waals surface area contributed by atoms with Crippen molar-refractivity contribution in [1.29, 1.82) is 0 Å². The van der Waals surface area contributed by atoms with Gasteiger partial charge >= 0.3 is 0 Å². The van der Waals surface area contributed by atoms with E-state index in [1.54, 1.807) is 12.4 Å². The molecule has 0 saturated carbocycles. The highest BCUT2D eigenvalue weighted by molar-refractivity contribution is 6.06. The maximum absolute atomic E-state index is 13.6. The lowest BCUT2D eigenvalue weighted by Crippen LogP contribution is -2.37. The van der Waals surface area contributed by atoms with Gasteiger partial charge in [-0.25, -0.2) is 14.4 Å². The van der Waals surface area contributed by atoms with Crippen LogP contribution in [-0.2, 0) is 6.54 Å². The van der Waals surface area contributed by atoms with Crippen LogP contribution < -0.4 is 10.6 Å². The normalized spacial score (nSPS) is 17.2. The number of nitrogens with one attached hydrogen (secondary N) is 2. The van der Waals surface area contributed by atoms with Gasteiger partial charge in [-0.05, 0) is 49.1 Å². The summed E-state index contributed by atoms with van der Waals surface area (Å²) >= 11 is 0. The molecule has 2 aliphatic rings. The summed E-state index contributed by atoms with van der Waals surface area (Å²) in [4.78, 5) is 24.1. The Morgan fingerprint density at radius 1 is 1.14 bits per heavy atom. The Morgan fingerprint density at radius 2 is 1.97 bits per heavy atom. The molecule has 5 heterocycles. The Kier molecular flexibility index (Phi) is 5.66. The van der Waals surface area contributed by atoms with Crippen molar-refractivity contribution in [2.45, 2.75) is 38.5 Å². The van der Waals surface area contributed by atoms with Gasteiger partial charge in [0, 0.05) is 49.7 Å². The standard InChI is InChI=1S/C27H27FN6O2/c1-16(33-9-7-19(35)8-10-33)17-2-5-24(29-13-17)32-22-4-3-20(21-14-31-27(36)26(21)22)23-15-30-25-12-18(28)6-11-34(23)25/h2-6,11-13,15-16,19,35H,7-10,14H2,1H3,(H,29,32)(H,31,36). The van der Waals surface area contributed by atoms with Gasteiger partial charge in [-0.3, -0.25) is 14.1 Å². The first-order chi connectivity index (χ1) is 17.5. The van der Waals surface area contributed by atoms with Gasteiger partial charge in [-0.1, -0.05) is 12.1 Å². The third-order valence-electron chi connectivity index (χ3n) is 7.30. The molecule has 6 rings (SSSR count). The molecule has 2 aliphatic heterocycles. The van der Waals surface area contributed by atoms with Gasteiger partial charge in [-0.15, -0.1) is 0 Å². The van der Waals surface area contributed by atoms with Crippen LogP contribution in [0.1, 0.15) is 47.3 Å². The number of hydrogen-bond acceptors (Lipinski definition) is 6. The number of nitrogens with zero attached hydrogens (tertiary/aromatic N) is 4. The van der Waals surface area contributed by atoms with Gasteiger partial charge in [0.05, 0.1) is 29.2 Å². The molecule has 0 bridgehead atoms. The maximum Gasteiger partial charge on any atom is 0.254 e. The highest BCUT2D eigenvalue weighted by Crippen LogP contribution is 2.35. The Balaban J connectivity index is 1.27. The van der Waals surface area contributed by atoms with Crippen LogP contribution in [0.25, 0.3) is 16.9 Å². The number of benzene rings is 1. The van der Waals surface area contributed by atoms with Crippen molar-refractivity contribution < 1.29 is 14.3 Å². The van der Waals surface area contributed by atoms with Crippen molar-refractivity contribution in [1.82, 2.24) is 24.6 Å². The quantitative estimate of drug-likeness (QED) is 0.394. The third kappa shape index (κ3) is 4.00. The van der Waals surface area contributed by atoms with E-state index in [1.165, 1.54) is 12.1 Å². The van der Waals surface area contributed by atoms with E-state index < -0.39 is 0 Å². The second-order valence-electron chi connectivity index (χ2n) is 9.46. The number of imidazole rings is 1. The molecule has 1 amide bonds. The van der Waals surface area contributed by atoms with Gasteiger partial charge in [0.15, 0.2) is 0 Å². The lowest BCUT2D eigenvalue weighted by molar-refractivity contribution is 0.0644. The minimum atomic E-state index is -0.344. The number of aliphatic hydroxyl groups is 1. The first-order valence-electron chi connectivity index (χ1n) is 12.2. The molecule has 1 saturated heterocycles. The summed E-state index contributed by atoms with van der Waals surface area (Å²) in [6.07, 6.45) is 6.61. The molecule has 3 N–H and O–H groups in total. The fourth-order valence-electron chi connectivity index (χ4n) is 5.20. The zero-order valence-corrected chi connectivity index (χ0v) is 19.9. The number of aliphatic hydroxyl groups excluding tert-OH is 1. The van der Waals surface area contributed by atoms with Gasteiger partial charge in [-0.2, -0.15) is 0 Å². The van der Waals surface area contributed by atoms with Crippen molar-refractivity contribution in [3.05, 3.63) is 77.5 Å². The van der Waals surface area contributed by atoms with Crippen LogP contribution in [0.15, 0.2) is 55.0 Å². The lowest BCUT2D eigenvalue weighted by Gasteiger charge is -2.34. The van der Waals surface area contributed by atoms with Gasteiger partial charge in [0.25, 0.3) is 5.91 Å². The molecular formula is C27H27FN6O2. The molecule has 36 heavy (non-hydrogen) atoms. The van der Waals surface area contributed by atoms with E-state index in [1.807, 2.05) is 28.8 Å². The first-order valence-corrected chi connectivity index (χ1v) is 12.2. The third-order valence-corrected chi connectivity index (χ3v) is 7.30. The summed E-state index contributed by atoms with van der Waals surface area (Å²) in [5.41, 5.74) is 5.42. The van der Waals surface area contributed by atoms with E-state index in [0.29, 0.717) is 29.3 Å². The summed E-state index contributed by atoms with van der Waals surface area (Å²) in [5.74, 6) is 0.163. The van der Waals surface area contributed by atoms with Crippen LogP contribution in [-0.4, -0.2) is 49.5 Å². The van der Waals surface area contributed by atoms with Crippen LogP contribution in [0.2, 0.25) is 0 Å². The van der Waals surface area contributed by atoms with Crippen LogP contribution >= 0.6 is 0 Å².